The van der Waals surface area contributed by atoms with Crippen LogP contribution in [0.25, 0.3) is 28.0 Å². The van der Waals surface area contributed by atoms with Crippen LogP contribution in [0.3, 0.4) is 0 Å². The minimum Gasteiger partial charge on any atom is -0.507 e. The predicted octanol–water partition coefficient (Wildman–Crippen LogP) is 6.22. The third-order valence-corrected chi connectivity index (χ3v) is 6.31. The minimum absolute atomic E-state index is 0.000730. The average Bonchev–Trinajstić information content (AvgIpc) is 2.74. The van der Waals surface area contributed by atoms with E-state index in [-0.39, 0.29) is 56.9 Å². The van der Waals surface area contributed by atoms with Crippen molar-refractivity contribution in [3.05, 3.63) is 63.4 Å². The number of hydrogen-bond acceptors (Lipinski definition) is 6. The number of ether oxygens (including phenoxy) is 1. The number of aromatic hydroxyl groups is 3. The van der Waals surface area contributed by atoms with Crippen LogP contribution in [-0.4, -0.2) is 20.9 Å². The van der Waals surface area contributed by atoms with Crippen LogP contribution >= 0.6 is 0 Å². The van der Waals surface area contributed by atoms with E-state index in [1.54, 1.807) is 18.2 Å². The molecule has 0 aliphatic carbocycles. The van der Waals surface area contributed by atoms with Crippen molar-refractivity contribution in [1.82, 2.24) is 0 Å². The van der Waals surface area contributed by atoms with Gasteiger partial charge in [0.05, 0.1) is 5.39 Å². The predicted molar refractivity (Wildman–Crippen MR) is 135 cm³/mol. The van der Waals surface area contributed by atoms with Gasteiger partial charge in [-0.2, -0.15) is 0 Å². The molecule has 2 aromatic carbocycles. The van der Waals surface area contributed by atoms with Crippen molar-refractivity contribution in [2.24, 2.45) is 0 Å². The van der Waals surface area contributed by atoms with Gasteiger partial charge >= 0.3 is 0 Å². The standard InChI is InChI=1S/C28H30O6/c1-8-27(4,5)19-22(31)16(10-9-14(2)3)20(29)18-21(30)17-13-15-11-12-28(6,7)34-24(15)23(32)25(17)33-26(18)19/h8-9,11-13,29,31-32H,1,10H2,2-7H3. The molecule has 4 rings (SSSR count). The molecule has 2 heterocycles. The van der Waals surface area contributed by atoms with Crippen molar-refractivity contribution >= 4 is 28.0 Å². The Labute approximate surface area is 198 Å². The van der Waals surface area contributed by atoms with Gasteiger partial charge in [0, 0.05) is 22.1 Å². The molecule has 1 aliphatic heterocycles. The van der Waals surface area contributed by atoms with E-state index in [1.807, 2.05) is 53.7 Å². The first-order chi connectivity index (χ1) is 15.8. The molecule has 0 atom stereocenters. The third-order valence-electron chi connectivity index (χ3n) is 6.31. The monoisotopic (exact) mass is 462 g/mol. The highest BCUT2D eigenvalue weighted by atomic mass is 16.5. The molecule has 178 valence electrons. The van der Waals surface area contributed by atoms with Gasteiger partial charge in [-0.05, 0) is 46.3 Å². The number of benzene rings is 2. The maximum Gasteiger partial charge on any atom is 0.204 e. The summed E-state index contributed by atoms with van der Waals surface area (Å²) in [5.74, 6) is -0.610. The fraction of sp³-hybridized carbons (Fsp3) is 0.321. The first-order valence-corrected chi connectivity index (χ1v) is 11.2. The lowest BCUT2D eigenvalue weighted by atomic mass is 9.81. The fourth-order valence-corrected chi connectivity index (χ4v) is 4.25. The molecule has 0 spiro atoms. The molecule has 0 radical (unpaired) electrons. The van der Waals surface area contributed by atoms with Crippen molar-refractivity contribution < 1.29 is 24.5 Å². The second kappa shape index (κ2) is 7.69. The highest BCUT2D eigenvalue weighted by Crippen LogP contribution is 2.48. The Bertz CT molecular complexity index is 1480. The number of fused-ring (bicyclic) bond motifs is 3. The van der Waals surface area contributed by atoms with Gasteiger partial charge in [0.25, 0.3) is 0 Å². The zero-order chi connectivity index (χ0) is 25.2. The number of allylic oxidation sites excluding steroid dienone is 3. The van der Waals surface area contributed by atoms with Crippen molar-refractivity contribution in [2.75, 3.05) is 0 Å². The number of phenols is 3. The molecule has 0 bridgehead atoms. The molecule has 6 heteroatoms. The molecule has 1 aromatic heterocycles. The van der Waals surface area contributed by atoms with Crippen LogP contribution in [0.5, 0.6) is 23.0 Å². The van der Waals surface area contributed by atoms with Crippen LogP contribution in [0.2, 0.25) is 0 Å². The lowest BCUT2D eigenvalue weighted by molar-refractivity contribution is 0.153. The van der Waals surface area contributed by atoms with Gasteiger partial charge in [0.2, 0.25) is 11.2 Å². The molecule has 0 unspecified atom stereocenters. The summed E-state index contributed by atoms with van der Waals surface area (Å²) >= 11 is 0. The van der Waals surface area contributed by atoms with Gasteiger partial charge in [-0.15, -0.1) is 6.58 Å². The van der Waals surface area contributed by atoms with Gasteiger partial charge in [0.15, 0.2) is 11.3 Å². The van der Waals surface area contributed by atoms with Crippen molar-refractivity contribution in [3.63, 3.8) is 0 Å². The van der Waals surface area contributed by atoms with E-state index in [4.69, 9.17) is 9.15 Å². The Morgan fingerprint density at radius 3 is 2.41 bits per heavy atom. The first kappa shape index (κ1) is 23.5. The topological polar surface area (TPSA) is 100 Å². The lowest BCUT2D eigenvalue weighted by Crippen LogP contribution is -2.27. The van der Waals surface area contributed by atoms with E-state index in [9.17, 15) is 20.1 Å². The zero-order valence-corrected chi connectivity index (χ0v) is 20.4. The molecule has 3 aromatic rings. The van der Waals surface area contributed by atoms with Crippen molar-refractivity contribution in [1.29, 1.82) is 0 Å². The highest BCUT2D eigenvalue weighted by molar-refractivity contribution is 6.00. The van der Waals surface area contributed by atoms with Gasteiger partial charge in [0.1, 0.15) is 28.1 Å². The second-order valence-electron chi connectivity index (χ2n) is 10.2. The van der Waals surface area contributed by atoms with Crippen molar-refractivity contribution in [2.45, 2.75) is 59.0 Å². The second-order valence-corrected chi connectivity index (χ2v) is 10.2. The van der Waals surface area contributed by atoms with E-state index >= 15 is 0 Å². The SMILES string of the molecule is C=CC(C)(C)c1c(O)c(CC=C(C)C)c(O)c2c(=O)c3cc4c(c(O)c3oc12)OC(C)(C)C=C4. The summed E-state index contributed by atoms with van der Waals surface area (Å²) in [6.45, 7) is 15.0. The summed E-state index contributed by atoms with van der Waals surface area (Å²) < 4.78 is 12.0. The number of rotatable bonds is 4. The minimum atomic E-state index is -0.815. The van der Waals surface area contributed by atoms with Gasteiger partial charge in [-0.1, -0.05) is 37.6 Å². The molecule has 6 nitrogen and oxygen atoms in total. The Balaban J connectivity index is 2.21. The quantitative estimate of drug-likeness (QED) is 0.314. The van der Waals surface area contributed by atoms with Crippen LogP contribution < -0.4 is 10.2 Å². The molecule has 0 saturated carbocycles. The highest BCUT2D eigenvalue weighted by Gasteiger charge is 2.33. The third kappa shape index (κ3) is 3.54. The maximum absolute atomic E-state index is 13.7. The molecular formula is C28H30O6. The van der Waals surface area contributed by atoms with E-state index in [1.165, 1.54) is 0 Å². The average molecular weight is 463 g/mol. The van der Waals surface area contributed by atoms with E-state index in [0.29, 0.717) is 11.1 Å². The summed E-state index contributed by atoms with van der Waals surface area (Å²) in [4.78, 5) is 13.7. The first-order valence-electron chi connectivity index (χ1n) is 11.2. The summed E-state index contributed by atoms with van der Waals surface area (Å²) in [7, 11) is 0. The van der Waals surface area contributed by atoms with Gasteiger partial charge in [-0.3, -0.25) is 4.79 Å². The van der Waals surface area contributed by atoms with Crippen molar-refractivity contribution in [3.8, 4) is 23.0 Å². The Kier molecular flexibility index (Phi) is 5.31. The smallest absolute Gasteiger partial charge is 0.204 e. The molecular weight excluding hydrogens is 432 g/mol. The van der Waals surface area contributed by atoms with E-state index < -0.39 is 16.4 Å². The van der Waals surface area contributed by atoms with Crippen LogP contribution in [0, 0.1) is 0 Å². The lowest BCUT2D eigenvalue weighted by Gasteiger charge is -2.28. The van der Waals surface area contributed by atoms with E-state index in [2.05, 4.69) is 6.58 Å². The summed E-state index contributed by atoms with van der Waals surface area (Å²) in [5.41, 5.74) is 0.0303. The fourth-order valence-electron chi connectivity index (χ4n) is 4.25. The van der Waals surface area contributed by atoms with E-state index in [0.717, 1.165) is 5.57 Å². The van der Waals surface area contributed by atoms with Gasteiger partial charge < -0.3 is 24.5 Å². The van der Waals surface area contributed by atoms with Crippen LogP contribution in [-0.2, 0) is 11.8 Å². The Hall–Kier alpha value is -3.67. The van der Waals surface area contributed by atoms with Crippen LogP contribution in [0.15, 0.2) is 45.7 Å². The number of phenolic OH excluding ortho intramolecular Hbond substituents is 3. The van der Waals surface area contributed by atoms with Crippen LogP contribution in [0.4, 0.5) is 0 Å². The maximum atomic E-state index is 13.7. The summed E-state index contributed by atoms with van der Waals surface area (Å²) in [6.07, 6.45) is 7.34. The molecule has 3 N–H and O–H groups in total. The van der Waals surface area contributed by atoms with Crippen LogP contribution in [0.1, 0.15) is 58.2 Å². The largest absolute Gasteiger partial charge is 0.507 e. The number of hydrogen-bond donors (Lipinski definition) is 3. The van der Waals surface area contributed by atoms with Gasteiger partial charge in [-0.25, -0.2) is 0 Å². The molecule has 0 saturated heterocycles. The zero-order valence-electron chi connectivity index (χ0n) is 20.4. The normalized spacial score (nSPS) is 14.6. The molecule has 34 heavy (non-hydrogen) atoms. The summed E-state index contributed by atoms with van der Waals surface area (Å²) in [5, 5.41) is 33.5. The molecule has 0 amide bonds. The Morgan fingerprint density at radius 1 is 1.12 bits per heavy atom. The summed E-state index contributed by atoms with van der Waals surface area (Å²) in [6, 6.07) is 1.59. The Morgan fingerprint density at radius 2 is 1.79 bits per heavy atom. The molecule has 1 aliphatic rings. The molecule has 0 fully saturated rings.